The molecular weight excluding hydrogens is 296 g/mol. The van der Waals surface area contributed by atoms with Crippen LogP contribution in [0.15, 0.2) is 0 Å². The predicted molar refractivity (Wildman–Crippen MR) is 31.0 cm³/mol. The van der Waals surface area contributed by atoms with Gasteiger partial charge in [-0.05, 0) is 0 Å². The van der Waals surface area contributed by atoms with E-state index >= 15 is 0 Å². The molecule has 0 aromatic rings. The smallest absolute Gasteiger partial charge is 0 e. The maximum absolute atomic E-state index is 0. The van der Waals surface area contributed by atoms with Crippen LogP contribution >= 0.6 is 50.9 Å². The summed E-state index contributed by atoms with van der Waals surface area (Å²) in [6.45, 7) is 0. The first-order chi connectivity index (χ1) is 0. The van der Waals surface area contributed by atoms with Crippen LogP contribution in [0.3, 0.4) is 0 Å². The third kappa shape index (κ3) is 9.03. The zero-order valence-electron chi connectivity index (χ0n) is 1.58. The second-order valence-electron chi connectivity index (χ2n) is 0. The van der Waals surface area contributed by atoms with Crippen molar-refractivity contribution in [2.24, 2.45) is 0 Å². The largest absolute Gasteiger partial charge is 0.114 e. The van der Waals surface area contributed by atoms with Gasteiger partial charge in [-0.25, -0.2) is 0 Å². The van der Waals surface area contributed by atoms with Crippen LogP contribution in [0.4, 0.5) is 0 Å². The van der Waals surface area contributed by atoms with E-state index in [2.05, 4.69) is 0 Å². The van der Waals surface area contributed by atoms with Gasteiger partial charge in [0.1, 0.15) is 0 Å². The van der Waals surface area contributed by atoms with E-state index in [-0.39, 0.29) is 68.0 Å². The van der Waals surface area contributed by atoms with Gasteiger partial charge in [-0.3, -0.25) is 0 Å². The molecule has 0 aromatic heterocycles. The summed E-state index contributed by atoms with van der Waals surface area (Å²) in [7, 11) is 0. The Labute approximate surface area is 67.5 Å². The topological polar surface area (TPSA) is 0 Å². The van der Waals surface area contributed by atoms with Crippen LogP contribution in [0.5, 0.6) is 0 Å². The maximum Gasteiger partial charge on any atom is 0 e. The molecule has 0 fully saturated rings. The minimum absolute atomic E-state index is 0. The minimum atomic E-state index is 0. The second-order valence-corrected chi connectivity index (χ2v) is 0. The molecule has 0 bridgehead atoms. The standard InChI is InChI=1S/3BrH.Fe/h3*1H;. The summed E-state index contributed by atoms with van der Waals surface area (Å²) in [5.74, 6) is 0. The third-order valence-electron chi connectivity index (χ3n) is 0. The van der Waals surface area contributed by atoms with Crippen LogP contribution in [-0.4, -0.2) is 0 Å². The normalized spacial score (nSPS) is 0. The number of hydrogen-bond donors (Lipinski definition) is 0. The van der Waals surface area contributed by atoms with Gasteiger partial charge in [0.05, 0.1) is 0 Å². The molecule has 0 saturated carbocycles. The van der Waals surface area contributed by atoms with Gasteiger partial charge in [0.15, 0.2) is 0 Å². The van der Waals surface area contributed by atoms with E-state index in [1.54, 1.807) is 0 Å². The summed E-state index contributed by atoms with van der Waals surface area (Å²) < 4.78 is 0. The predicted octanol–water partition coefficient (Wildman–Crippen LogP) is 1.73. The molecule has 0 rings (SSSR count). The van der Waals surface area contributed by atoms with Crippen LogP contribution in [0.1, 0.15) is 0 Å². The monoisotopic (exact) mass is 296 g/mol. The molecule has 0 aliphatic heterocycles. The second kappa shape index (κ2) is 20.3. The Kier molecular flexibility index (Phi) is 193. The molecule has 0 amide bonds. The van der Waals surface area contributed by atoms with Gasteiger partial charge in [0, 0.05) is 17.1 Å². The SMILES string of the molecule is Br.Br.Br.[Fe]. The Bertz CT molecular complexity index is 3.25. The van der Waals surface area contributed by atoms with Gasteiger partial charge in [-0.2, -0.15) is 0 Å². The quantitative estimate of drug-likeness (QED) is 0.598. The van der Waals surface area contributed by atoms with E-state index < -0.39 is 0 Å². The summed E-state index contributed by atoms with van der Waals surface area (Å²) in [5, 5.41) is 0. The van der Waals surface area contributed by atoms with Gasteiger partial charge >= 0.3 is 0 Å². The summed E-state index contributed by atoms with van der Waals surface area (Å²) in [4.78, 5) is 0. The van der Waals surface area contributed by atoms with E-state index in [0.29, 0.717) is 0 Å². The molecule has 4 heavy (non-hydrogen) atoms. The number of halogens is 3. The molecule has 0 aromatic carbocycles. The van der Waals surface area contributed by atoms with E-state index in [4.69, 9.17) is 0 Å². The van der Waals surface area contributed by atoms with Crippen molar-refractivity contribution in [1.82, 2.24) is 0 Å². The Morgan fingerprint density at radius 2 is 0.500 bits per heavy atom. The van der Waals surface area contributed by atoms with Crippen LogP contribution in [0, 0.1) is 0 Å². The summed E-state index contributed by atoms with van der Waals surface area (Å²) in [6.07, 6.45) is 0. The van der Waals surface area contributed by atoms with Gasteiger partial charge in [-0.15, -0.1) is 50.9 Å². The van der Waals surface area contributed by atoms with Crippen molar-refractivity contribution in [1.29, 1.82) is 0 Å². The third-order valence-corrected chi connectivity index (χ3v) is 0. The molecule has 0 N–H and O–H groups in total. The molecule has 0 heterocycles. The first kappa shape index (κ1) is 38.2. The van der Waals surface area contributed by atoms with Crippen molar-refractivity contribution in [2.45, 2.75) is 0 Å². The summed E-state index contributed by atoms with van der Waals surface area (Å²) in [6, 6.07) is 0. The van der Waals surface area contributed by atoms with Crippen molar-refractivity contribution in [3.05, 3.63) is 0 Å². The van der Waals surface area contributed by atoms with Crippen molar-refractivity contribution in [3.8, 4) is 0 Å². The molecule has 0 aliphatic rings. The average Bonchev–Trinajstić information content (AvgIpc) is 0. The van der Waals surface area contributed by atoms with E-state index in [9.17, 15) is 0 Å². The van der Waals surface area contributed by atoms with Crippen LogP contribution in [0.25, 0.3) is 0 Å². The molecule has 0 atom stereocenters. The molecule has 0 radical (unpaired) electrons. The molecule has 0 nitrogen and oxygen atoms in total. The summed E-state index contributed by atoms with van der Waals surface area (Å²) >= 11 is 0. The van der Waals surface area contributed by atoms with E-state index in [1.165, 1.54) is 0 Å². The first-order valence-electron chi connectivity index (χ1n) is 0. The Morgan fingerprint density at radius 3 is 0.500 bits per heavy atom. The Hall–Kier alpha value is 1.96. The molecular formula is H3Br3Fe. The molecule has 0 aliphatic carbocycles. The van der Waals surface area contributed by atoms with Crippen LogP contribution in [0.2, 0.25) is 0 Å². The summed E-state index contributed by atoms with van der Waals surface area (Å²) in [5.41, 5.74) is 0. The number of rotatable bonds is 0. The van der Waals surface area contributed by atoms with Crippen LogP contribution < -0.4 is 0 Å². The van der Waals surface area contributed by atoms with Gasteiger partial charge in [0.25, 0.3) is 0 Å². The average molecular weight is 299 g/mol. The van der Waals surface area contributed by atoms with Crippen molar-refractivity contribution in [2.75, 3.05) is 0 Å². The fourth-order valence-corrected chi connectivity index (χ4v) is 0. The molecule has 4 heteroatoms. The number of hydrogen-bond acceptors (Lipinski definition) is 0. The fraction of sp³-hybridized carbons (Fsp3) is 0. The molecule has 0 spiro atoms. The van der Waals surface area contributed by atoms with Crippen molar-refractivity contribution < 1.29 is 17.1 Å². The van der Waals surface area contributed by atoms with Crippen molar-refractivity contribution >= 4 is 50.9 Å². The Balaban J connectivity index is 0. The fourth-order valence-electron chi connectivity index (χ4n) is 0. The first-order valence-corrected chi connectivity index (χ1v) is 0. The van der Waals surface area contributed by atoms with Gasteiger partial charge < -0.3 is 0 Å². The van der Waals surface area contributed by atoms with Gasteiger partial charge in [0.2, 0.25) is 0 Å². The minimum Gasteiger partial charge on any atom is -0.114 e. The van der Waals surface area contributed by atoms with E-state index in [1.807, 2.05) is 0 Å². The zero-order chi connectivity index (χ0) is 0. The maximum atomic E-state index is 0. The van der Waals surface area contributed by atoms with Crippen LogP contribution in [-0.2, 0) is 17.1 Å². The molecule has 32 valence electrons. The van der Waals surface area contributed by atoms with Gasteiger partial charge in [-0.1, -0.05) is 0 Å². The van der Waals surface area contributed by atoms with E-state index in [0.717, 1.165) is 0 Å². The molecule has 0 saturated heterocycles. The zero-order valence-corrected chi connectivity index (χ0v) is 7.82. The Morgan fingerprint density at radius 1 is 0.500 bits per heavy atom. The molecule has 0 unspecified atom stereocenters. The van der Waals surface area contributed by atoms with Crippen molar-refractivity contribution in [3.63, 3.8) is 0 Å².